The fourth-order valence-corrected chi connectivity index (χ4v) is 2.20. The molecular weight excluding hydrogens is 316 g/mol. The molecule has 0 saturated heterocycles. The lowest BCUT2D eigenvalue weighted by atomic mass is 10.2. The first-order valence-corrected chi connectivity index (χ1v) is 8.42. The molecule has 0 fully saturated rings. The van der Waals surface area contributed by atoms with Crippen LogP contribution in [-0.4, -0.2) is 37.7 Å². The number of nitrogens with one attached hydrogen (secondary N) is 1. The minimum atomic E-state index is 0.464. The average molecular weight is 342 g/mol. The van der Waals surface area contributed by atoms with E-state index in [1.807, 2.05) is 42.5 Å². The molecule has 0 amide bonds. The molecule has 2 aromatic rings. The van der Waals surface area contributed by atoms with Gasteiger partial charge >= 0.3 is 0 Å². The number of aromatic nitrogens is 1. The average Bonchev–Trinajstić information content (AvgIpc) is 2.66. The van der Waals surface area contributed by atoms with Gasteiger partial charge in [-0.15, -0.1) is 0 Å². The Labute approximate surface area is 149 Å². The number of pyridine rings is 1. The van der Waals surface area contributed by atoms with Crippen LogP contribution in [0, 0.1) is 0 Å². The number of hydrogen-bond donors (Lipinski definition) is 2. The van der Waals surface area contributed by atoms with Crippen LogP contribution in [0.5, 0.6) is 5.75 Å². The molecule has 0 aliphatic rings. The fourth-order valence-electron chi connectivity index (χ4n) is 2.20. The number of benzene rings is 1. The van der Waals surface area contributed by atoms with Gasteiger partial charge in [0.2, 0.25) is 0 Å². The summed E-state index contributed by atoms with van der Waals surface area (Å²) in [4.78, 5) is 8.55. The van der Waals surface area contributed by atoms with Crippen molar-refractivity contribution < 1.29 is 9.47 Å². The van der Waals surface area contributed by atoms with E-state index in [2.05, 4.69) is 15.3 Å². The van der Waals surface area contributed by atoms with Gasteiger partial charge in [0.15, 0.2) is 5.96 Å². The second-order valence-corrected chi connectivity index (χ2v) is 5.52. The van der Waals surface area contributed by atoms with Crippen LogP contribution in [0.1, 0.15) is 17.7 Å². The number of nitrogens with two attached hydrogens (primary N) is 1. The largest absolute Gasteiger partial charge is 0.497 e. The molecule has 0 atom stereocenters. The van der Waals surface area contributed by atoms with Crippen molar-refractivity contribution >= 4 is 5.96 Å². The molecule has 25 heavy (non-hydrogen) atoms. The third-order valence-corrected chi connectivity index (χ3v) is 3.57. The van der Waals surface area contributed by atoms with Crippen molar-refractivity contribution in [2.75, 3.05) is 26.8 Å². The maximum absolute atomic E-state index is 5.84. The van der Waals surface area contributed by atoms with Gasteiger partial charge in [-0.05, 0) is 36.2 Å². The lowest BCUT2D eigenvalue weighted by Gasteiger charge is -2.06. The Morgan fingerprint density at radius 1 is 1.20 bits per heavy atom. The van der Waals surface area contributed by atoms with E-state index in [1.54, 1.807) is 13.3 Å². The zero-order valence-electron chi connectivity index (χ0n) is 14.6. The van der Waals surface area contributed by atoms with E-state index < -0.39 is 0 Å². The third-order valence-electron chi connectivity index (χ3n) is 3.57. The number of ether oxygens (including phenoxy) is 2. The molecule has 0 saturated carbocycles. The minimum Gasteiger partial charge on any atom is -0.497 e. The van der Waals surface area contributed by atoms with E-state index in [4.69, 9.17) is 15.2 Å². The Kier molecular flexibility index (Phi) is 8.27. The lowest BCUT2D eigenvalue weighted by Crippen LogP contribution is -2.33. The Hall–Kier alpha value is -2.60. The zero-order valence-corrected chi connectivity index (χ0v) is 14.6. The molecule has 0 bridgehead atoms. The van der Waals surface area contributed by atoms with Gasteiger partial charge in [0.25, 0.3) is 0 Å². The zero-order chi connectivity index (χ0) is 17.7. The first-order valence-electron chi connectivity index (χ1n) is 8.42. The summed E-state index contributed by atoms with van der Waals surface area (Å²) in [5.74, 6) is 1.31. The van der Waals surface area contributed by atoms with Crippen LogP contribution in [0.4, 0.5) is 0 Å². The summed E-state index contributed by atoms with van der Waals surface area (Å²) in [6.07, 6.45) is 3.44. The SMILES string of the molecule is COc1ccc(COCCCN=C(N)NCCc2ccccn2)cc1. The van der Waals surface area contributed by atoms with Crippen molar-refractivity contribution in [2.45, 2.75) is 19.4 Å². The number of rotatable bonds is 10. The number of aliphatic imine (C=N–C) groups is 1. The lowest BCUT2D eigenvalue weighted by molar-refractivity contribution is 0.120. The van der Waals surface area contributed by atoms with E-state index in [0.717, 1.165) is 36.4 Å². The second-order valence-electron chi connectivity index (χ2n) is 5.52. The first-order chi connectivity index (χ1) is 12.3. The smallest absolute Gasteiger partial charge is 0.188 e. The van der Waals surface area contributed by atoms with Gasteiger partial charge in [0, 0.05) is 38.0 Å². The van der Waals surface area contributed by atoms with Gasteiger partial charge in [-0.25, -0.2) is 0 Å². The molecule has 1 aromatic carbocycles. The molecule has 0 aliphatic carbocycles. The summed E-state index contributed by atoms with van der Waals surface area (Å²) in [6, 6.07) is 13.7. The molecule has 3 N–H and O–H groups in total. The molecule has 0 aliphatic heterocycles. The summed E-state index contributed by atoms with van der Waals surface area (Å²) in [6.45, 7) is 2.60. The van der Waals surface area contributed by atoms with Crippen LogP contribution in [-0.2, 0) is 17.8 Å². The van der Waals surface area contributed by atoms with Gasteiger partial charge in [-0.1, -0.05) is 18.2 Å². The standard InChI is InChI=1S/C19H26N4O2/c1-24-18-8-6-16(7-9-18)15-25-14-4-12-22-19(20)23-13-10-17-5-2-3-11-21-17/h2-3,5-9,11H,4,10,12-15H2,1H3,(H3,20,22,23). The highest BCUT2D eigenvalue weighted by Crippen LogP contribution is 2.11. The van der Waals surface area contributed by atoms with Crippen LogP contribution >= 0.6 is 0 Å². The topological polar surface area (TPSA) is 81.8 Å². The van der Waals surface area contributed by atoms with Crippen molar-refractivity contribution in [1.29, 1.82) is 0 Å². The highest BCUT2D eigenvalue weighted by molar-refractivity contribution is 5.77. The maximum Gasteiger partial charge on any atom is 0.188 e. The van der Waals surface area contributed by atoms with Crippen LogP contribution in [0.15, 0.2) is 53.7 Å². The highest BCUT2D eigenvalue weighted by Gasteiger charge is 1.97. The van der Waals surface area contributed by atoms with Crippen molar-refractivity contribution in [3.05, 3.63) is 59.9 Å². The number of guanidine groups is 1. The fraction of sp³-hybridized carbons (Fsp3) is 0.368. The van der Waals surface area contributed by atoms with E-state index >= 15 is 0 Å². The maximum atomic E-state index is 5.84. The first kappa shape index (κ1) is 18.7. The molecule has 0 spiro atoms. The molecule has 1 heterocycles. The Morgan fingerprint density at radius 2 is 2.04 bits per heavy atom. The predicted molar refractivity (Wildman–Crippen MR) is 99.7 cm³/mol. The Balaban J connectivity index is 1.52. The molecule has 134 valence electrons. The number of nitrogens with zero attached hydrogens (tertiary/aromatic N) is 2. The monoisotopic (exact) mass is 342 g/mol. The van der Waals surface area contributed by atoms with Crippen LogP contribution in [0.3, 0.4) is 0 Å². The number of methoxy groups -OCH3 is 1. The van der Waals surface area contributed by atoms with Crippen LogP contribution in [0.2, 0.25) is 0 Å². The van der Waals surface area contributed by atoms with Gasteiger partial charge in [-0.3, -0.25) is 9.98 Å². The van der Waals surface area contributed by atoms with Crippen LogP contribution < -0.4 is 15.8 Å². The summed E-state index contributed by atoms with van der Waals surface area (Å²) < 4.78 is 10.8. The highest BCUT2D eigenvalue weighted by atomic mass is 16.5. The quantitative estimate of drug-likeness (QED) is 0.393. The van der Waals surface area contributed by atoms with Gasteiger partial charge in [0.1, 0.15) is 5.75 Å². The molecule has 1 aromatic heterocycles. The summed E-state index contributed by atoms with van der Waals surface area (Å²) in [5, 5.41) is 3.09. The van der Waals surface area contributed by atoms with Crippen molar-refractivity contribution in [1.82, 2.24) is 10.3 Å². The molecule has 0 unspecified atom stereocenters. The second kappa shape index (κ2) is 11.0. The van der Waals surface area contributed by atoms with E-state index in [-0.39, 0.29) is 0 Å². The molecule has 6 heteroatoms. The minimum absolute atomic E-state index is 0.464. The molecule has 2 rings (SSSR count). The van der Waals surface area contributed by atoms with E-state index in [9.17, 15) is 0 Å². The van der Waals surface area contributed by atoms with E-state index in [1.165, 1.54) is 0 Å². The predicted octanol–water partition coefficient (Wildman–Crippen LogP) is 2.14. The van der Waals surface area contributed by atoms with Gasteiger partial charge < -0.3 is 20.5 Å². The molecule has 6 nitrogen and oxygen atoms in total. The van der Waals surface area contributed by atoms with Crippen molar-refractivity contribution in [3.63, 3.8) is 0 Å². The van der Waals surface area contributed by atoms with Crippen LogP contribution in [0.25, 0.3) is 0 Å². The Morgan fingerprint density at radius 3 is 2.76 bits per heavy atom. The van der Waals surface area contributed by atoms with Gasteiger partial charge in [0.05, 0.1) is 13.7 Å². The normalized spacial score (nSPS) is 11.3. The van der Waals surface area contributed by atoms with Crippen molar-refractivity contribution in [2.24, 2.45) is 10.7 Å². The Bertz CT molecular complexity index is 630. The van der Waals surface area contributed by atoms with Gasteiger partial charge in [-0.2, -0.15) is 0 Å². The van der Waals surface area contributed by atoms with Crippen molar-refractivity contribution in [3.8, 4) is 5.75 Å². The molecule has 0 radical (unpaired) electrons. The summed E-state index contributed by atoms with van der Waals surface area (Å²) >= 11 is 0. The third kappa shape index (κ3) is 7.67. The molecular formula is C19H26N4O2. The summed E-state index contributed by atoms with van der Waals surface area (Å²) in [5.41, 5.74) is 8.00. The number of hydrogen-bond acceptors (Lipinski definition) is 4. The summed E-state index contributed by atoms with van der Waals surface area (Å²) in [7, 11) is 1.66. The van der Waals surface area contributed by atoms with E-state index in [0.29, 0.717) is 25.7 Å².